The standard InChI is InChI=1S/C7H4N2O.ClH/c10-7-8-5-3-1-2-4-6(5)9-7;/h1-4H;1H. The zero-order valence-electron chi connectivity index (χ0n) is 5.52. The molecule has 1 aliphatic rings. The van der Waals surface area contributed by atoms with Gasteiger partial charge < -0.3 is 0 Å². The van der Waals surface area contributed by atoms with Crippen LogP contribution < -0.4 is 10.7 Å². The summed E-state index contributed by atoms with van der Waals surface area (Å²) >= 11 is 0. The maximum Gasteiger partial charge on any atom is 0.368 e. The maximum atomic E-state index is 10.6. The molecule has 0 atom stereocenters. The van der Waals surface area contributed by atoms with Gasteiger partial charge in [0.05, 0.1) is 10.7 Å². The molecule has 2 amide bonds. The van der Waals surface area contributed by atoms with Gasteiger partial charge in [-0.25, -0.2) is 4.79 Å². The molecule has 56 valence electrons. The van der Waals surface area contributed by atoms with Gasteiger partial charge in [-0.15, -0.1) is 12.4 Å². The Morgan fingerprint density at radius 2 is 1.45 bits per heavy atom. The molecule has 0 saturated heterocycles. The summed E-state index contributed by atoms with van der Waals surface area (Å²) in [5, 5.41) is 1.35. The predicted molar refractivity (Wildman–Crippen MR) is 41.4 cm³/mol. The van der Waals surface area contributed by atoms with Crippen LogP contribution in [0.3, 0.4) is 0 Å². The first-order valence-corrected chi connectivity index (χ1v) is 2.93. The molecule has 0 spiro atoms. The topological polar surface area (TPSA) is 41.8 Å². The summed E-state index contributed by atoms with van der Waals surface area (Å²) in [7, 11) is 0. The molecule has 0 fully saturated rings. The fourth-order valence-electron chi connectivity index (χ4n) is 0.884. The van der Waals surface area contributed by atoms with E-state index in [0.717, 1.165) is 0 Å². The largest absolute Gasteiger partial charge is 0.368 e. The smallest absolute Gasteiger partial charge is 0.244 e. The molecule has 0 bridgehead atoms. The van der Waals surface area contributed by atoms with Gasteiger partial charge >= 0.3 is 6.03 Å². The molecule has 1 aromatic rings. The number of halogens is 1. The van der Waals surface area contributed by atoms with E-state index in [-0.39, 0.29) is 12.4 Å². The first-order chi connectivity index (χ1) is 4.86. The van der Waals surface area contributed by atoms with Crippen LogP contribution in [0.15, 0.2) is 34.3 Å². The number of amides is 2. The summed E-state index contributed by atoms with van der Waals surface area (Å²) in [5.41, 5.74) is 0. The minimum absolute atomic E-state index is 0. The van der Waals surface area contributed by atoms with Crippen molar-refractivity contribution in [3.05, 3.63) is 35.0 Å². The van der Waals surface area contributed by atoms with Crippen LogP contribution in [0, 0.1) is 0 Å². The number of benzene rings is 1. The summed E-state index contributed by atoms with van der Waals surface area (Å²) < 4.78 is 0. The van der Waals surface area contributed by atoms with Crippen molar-refractivity contribution in [2.75, 3.05) is 0 Å². The van der Waals surface area contributed by atoms with E-state index >= 15 is 0 Å². The fourth-order valence-corrected chi connectivity index (χ4v) is 0.884. The number of fused-ring (bicyclic) bond motifs is 1. The van der Waals surface area contributed by atoms with Crippen molar-refractivity contribution in [3.8, 4) is 0 Å². The second kappa shape index (κ2) is 2.80. The van der Waals surface area contributed by atoms with Crippen LogP contribution >= 0.6 is 12.4 Å². The van der Waals surface area contributed by atoms with E-state index in [2.05, 4.69) is 9.98 Å². The maximum absolute atomic E-state index is 10.6. The fraction of sp³-hybridized carbons (Fsp3) is 0. The number of carbonyl (C=O) groups is 1. The lowest BCUT2D eigenvalue weighted by Crippen LogP contribution is -2.19. The van der Waals surface area contributed by atoms with Crippen molar-refractivity contribution < 1.29 is 4.79 Å². The third-order valence-corrected chi connectivity index (χ3v) is 1.31. The highest BCUT2D eigenvalue weighted by atomic mass is 35.5. The van der Waals surface area contributed by atoms with Crippen molar-refractivity contribution >= 4 is 18.4 Å². The van der Waals surface area contributed by atoms with Crippen LogP contribution in [0.2, 0.25) is 0 Å². The van der Waals surface area contributed by atoms with Crippen LogP contribution in [0.4, 0.5) is 4.79 Å². The molecular formula is C7H5ClN2O. The van der Waals surface area contributed by atoms with Gasteiger partial charge in [-0.2, -0.15) is 9.98 Å². The van der Waals surface area contributed by atoms with Gasteiger partial charge in [0.15, 0.2) is 0 Å². The second-order valence-electron chi connectivity index (χ2n) is 1.99. The molecule has 3 nitrogen and oxygen atoms in total. The zero-order chi connectivity index (χ0) is 6.97. The zero-order valence-corrected chi connectivity index (χ0v) is 6.34. The highest BCUT2D eigenvalue weighted by molar-refractivity contribution is 5.85. The Labute approximate surface area is 68.9 Å². The van der Waals surface area contributed by atoms with Crippen LogP contribution in [0.5, 0.6) is 0 Å². The second-order valence-corrected chi connectivity index (χ2v) is 1.99. The molecule has 2 rings (SSSR count). The number of carbonyl (C=O) groups excluding carboxylic acids is 1. The number of para-hydroxylation sites is 2. The monoisotopic (exact) mass is 168 g/mol. The lowest BCUT2D eigenvalue weighted by molar-refractivity contribution is 0.256. The summed E-state index contributed by atoms with van der Waals surface area (Å²) in [4.78, 5) is 17.9. The highest BCUT2D eigenvalue weighted by Gasteiger charge is 2.01. The van der Waals surface area contributed by atoms with Crippen molar-refractivity contribution in [3.63, 3.8) is 0 Å². The van der Waals surface area contributed by atoms with Crippen molar-refractivity contribution in [1.29, 1.82) is 0 Å². The number of hydrogen-bond acceptors (Lipinski definition) is 1. The van der Waals surface area contributed by atoms with Crippen molar-refractivity contribution in [2.24, 2.45) is 9.98 Å². The third-order valence-electron chi connectivity index (χ3n) is 1.31. The quantitative estimate of drug-likeness (QED) is 0.556. The average molecular weight is 169 g/mol. The van der Waals surface area contributed by atoms with Gasteiger partial charge in [-0.05, 0) is 12.1 Å². The molecule has 0 saturated carbocycles. The number of nitrogens with zero attached hydrogens (tertiary/aromatic N) is 2. The predicted octanol–water partition coefficient (Wildman–Crippen LogP) is 0.481. The van der Waals surface area contributed by atoms with Gasteiger partial charge in [0, 0.05) is 0 Å². The molecule has 4 heteroatoms. The Bertz CT molecular complexity index is 362. The Hall–Kier alpha value is -1.22. The lowest BCUT2D eigenvalue weighted by atomic mass is 10.3. The van der Waals surface area contributed by atoms with E-state index in [9.17, 15) is 4.79 Å². The molecule has 0 radical (unpaired) electrons. The summed E-state index contributed by atoms with van der Waals surface area (Å²) in [6, 6.07) is 6.79. The van der Waals surface area contributed by atoms with Gasteiger partial charge in [0.2, 0.25) is 0 Å². The molecular weight excluding hydrogens is 164 g/mol. The van der Waals surface area contributed by atoms with E-state index < -0.39 is 6.03 Å². The average Bonchev–Trinajstić information content (AvgIpc) is 2.27. The van der Waals surface area contributed by atoms with Gasteiger partial charge in [-0.3, -0.25) is 0 Å². The molecule has 1 aromatic carbocycles. The van der Waals surface area contributed by atoms with Crippen molar-refractivity contribution in [1.82, 2.24) is 0 Å². The Kier molecular flexibility index (Phi) is 2.01. The summed E-state index contributed by atoms with van der Waals surface area (Å²) in [6.07, 6.45) is 0. The van der Waals surface area contributed by atoms with Gasteiger partial charge in [0.25, 0.3) is 0 Å². The van der Waals surface area contributed by atoms with E-state index in [1.54, 1.807) is 12.1 Å². The van der Waals surface area contributed by atoms with Gasteiger partial charge in [-0.1, -0.05) is 12.1 Å². The van der Waals surface area contributed by atoms with Gasteiger partial charge in [0.1, 0.15) is 0 Å². The molecule has 0 aromatic heterocycles. The summed E-state index contributed by atoms with van der Waals surface area (Å²) in [5.74, 6) is 0. The molecule has 1 heterocycles. The normalized spacial score (nSPS) is 12.5. The number of hydrogen-bond donors (Lipinski definition) is 0. The Balaban J connectivity index is 0.000000605. The summed E-state index contributed by atoms with van der Waals surface area (Å²) in [6.45, 7) is 0. The highest BCUT2D eigenvalue weighted by Crippen LogP contribution is 1.82. The molecule has 11 heavy (non-hydrogen) atoms. The molecule has 0 unspecified atom stereocenters. The van der Waals surface area contributed by atoms with Crippen molar-refractivity contribution in [2.45, 2.75) is 0 Å². The van der Waals surface area contributed by atoms with E-state index in [4.69, 9.17) is 0 Å². The lowest BCUT2D eigenvalue weighted by Gasteiger charge is -1.75. The van der Waals surface area contributed by atoms with E-state index in [0.29, 0.717) is 10.7 Å². The van der Waals surface area contributed by atoms with Crippen LogP contribution in [-0.2, 0) is 0 Å². The first-order valence-electron chi connectivity index (χ1n) is 2.93. The van der Waals surface area contributed by atoms with Crippen LogP contribution in [0.25, 0.3) is 0 Å². The first kappa shape index (κ1) is 7.88. The van der Waals surface area contributed by atoms with E-state index in [1.165, 1.54) is 0 Å². The Morgan fingerprint density at radius 3 is 1.91 bits per heavy atom. The van der Waals surface area contributed by atoms with Crippen LogP contribution in [-0.4, -0.2) is 6.03 Å². The minimum atomic E-state index is -0.402. The SMILES string of the molecule is Cl.O=C1N=c2ccccc2=N1. The molecule has 0 aliphatic carbocycles. The molecule has 0 N–H and O–H groups in total. The number of rotatable bonds is 0. The Morgan fingerprint density at radius 1 is 1.00 bits per heavy atom. The third kappa shape index (κ3) is 1.28. The van der Waals surface area contributed by atoms with E-state index in [1.807, 2.05) is 12.1 Å². The molecule has 1 aliphatic heterocycles. The van der Waals surface area contributed by atoms with Crippen LogP contribution in [0.1, 0.15) is 0 Å². The minimum Gasteiger partial charge on any atom is -0.244 e. The number of urea groups is 1.